The largest absolute Gasteiger partial charge is 0.530 e. The van der Waals surface area contributed by atoms with Gasteiger partial charge in [-0.25, -0.2) is 9.09 Å². The number of phosphoric ester groups is 1. The molecule has 2 aromatic rings. The second kappa shape index (κ2) is 6.98. The molecule has 1 aliphatic carbocycles. The molecule has 1 aliphatic rings. The molecule has 1 aromatic heterocycles. The average Bonchev–Trinajstić information content (AvgIpc) is 2.98. The Balaban J connectivity index is 1.88. The quantitative estimate of drug-likeness (QED) is 0.218. The van der Waals surface area contributed by atoms with Gasteiger partial charge < -0.3 is 40.1 Å². The van der Waals surface area contributed by atoms with Gasteiger partial charge in [0.25, 0.3) is 0 Å². The first kappa shape index (κ1) is 20.5. The standard InChI is InChI=1S/C14H17ClNO10P/c15-5-1-2-7-6(3-5)8(4-16-7)25-27(23,24)26-14(22)12(20)10(18)9(17)11(19)13(14)21/h1-4,9-13,16-22H,(H,23,24)/t9?,10-,11+,12-,13-,14?/m1/s1. The SMILES string of the molecule is O=P(O)(Oc1c[nH]c2ccc(Cl)cc12)OC1(O)[C@H](O)[C@H](O)C(O)[C@H](O)[C@H]1O. The number of rotatable bonds is 4. The van der Waals surface area contributed by atoms with Gasteiger partial charge in [0.05, 0.1) is 0 Å². The normalized spacial score (nSPS) is 36.5. The van der Waals surface area contributed by atoms with Gasteiger partial charge in [-0.3, -0.25) is 4.89 Å². The van der Waals surface area contributed by atoms with Crippen LogP contribution in [0.5, 0.6) is 5.75 Å². The maximum Gasteiger partial charge on any atom is 0.530 e. The van der Waals surface area contributed by atoms with E-state index in [4.69, 9.17) is 16.1 Å². The molecule has 150 valence electrons. The van der Waals surface area contributed by atoms with Gasteiger partial charge >= 0.3 is 7.82 Å². The molecule has 0 bridgehead atoms. The molecule has 1 saturated carbocycles. The predicted octanol–water partition coefficient (Wildman–Crippen LogP) is -1.18. The zero-order valence-electron chi connectivity index (χ0n) is 13.4. The number of aliphatic hydroxyl groups is 6. The fraction of sp³-hybridized carbons (Fsp3) is 0.429. The summed E-state index contributed by atoms with van der Waals surface area (Å²) in [6, 6.07) is 4.56. The number of aliphatic hydroxyl groups excluding tert-OH is 5. The van der Waals surface area contributed by atoms with E-state index >= 15 is 0 Å². The minimum absolute atomic E-state index is 0.192. The first-order valence-corrected chi connectivity index (χ1v) is 9.46. The second-order valence-corrected chi connectivity index (χ2v) is 7.85. The summed E-state index contributed by atoms with van der Waals surface area (Å²) in [5.41, 5.74) is 0.500. The summed E-state index contributed by atoms with van der Waals surface area (Å²) in [6.45, 7) is 0. The van der Waals surface area contributed by atoms with Crippen LogP contribution >= 0.6 is 19.4 Å². The van der Waals surface area contributed by atoms with Gasteiger partial charge in [-0.05, 0) is 18.2 Å². The summed E-state index contributed by atoms with van der Waals surface area (Å²) >= 11 is 5.86. The van der Waals surface area contributed by atoms with Crippen LogP contribution in [0.25, 0.3) is 10.9 Å². The molecule has 27 heavy (non-hydrogen) atoms. The van der Waals surface area contributed by atoms with E-state index in [2.05, 4.69) is 9.51 Å². The molecular formula is C14H17ClNO10P. The third-order valence-corrected chi connectivity index (χ3v) is 5.46. The molecule has 0 aliphatic heterocycles. The number of phosphoric acid groups is 1. The lowest BCUT2D eigenvalue weighted by atomic mass is 9.82. The zero-order valence-corrected chi connectivity index (χ0v) is 15.0. The number of hydrogen-bond donors (Lipinski definition) is 8. The Morgan fingerprint density at radius 3 is 2.26 bits per heavy atom. The number of fused-ring (bicyclic) bond motifs is 1. The molecule has 0 saturated heterocycles. The van der Waals surface area contributed by atoms with Gasteiger partial charge in [0.15, 0.2) is 5.75 Å². The highest BCUT2D eigenvalue weighted by molar-refractivity contribution is 7.47. The Bertz CT molecular complexity index is 874. The lowest BCUT2D eigenvalue weighted by Gasteiger charge is -2.46. The summed E-state index contributed by atoms with van der Waals surface area (Å²) in [6.07, 6.45) is -10.1. The molecule has 0 spiro atoms. The van der Waals surface area contributed by atoms with E-state index in [0.717, 1.165) is 0 Å². The topological polar surface area (TPSA) is 193 Å². The van der Waals surface area contributed by atoms with Crippen molar-refractivity contribution < 1.29 is 49.1 Å². The molecule has 0 amide bonds. The van der Waals surface area contributed by atoms with Crippen molar-refractivity contribution in [3.05, 3.63) is 29.4 Å². The van der Waals surface area contributed by atoms with Crippen molar-refractivity contribution >= 4 is 30.3 Å². The summed E-state index contributed by atoms with van der Waals surface area (Å²) in [5, 5.41) is 59.5. The van der Waals surface area contributed by atoms with E-state index in [1.165, 1.54) is 12.3 Å². The van der Waals surface area contributed by atoms with Gasteiger partial charge in [-0.15, -0.1) is 0 Å². The molecule has 0 radical (unpaired) electrons. The van der Waals surface area contributed by atoms with Crippen LogP contribution in [-0.4, -0.2) is 76.8 Å². The smallest absolute Gasteiger partial charge is 0.402 e. The zero-order chi connectivity index (χ0) is 20.1. The number of benzene rings is 1. The monoisotopic (exact) mass is 425 g/mol. The average molecular weight is 426 g/mol. The van der Waals surface area contributed by atoms with Crippen molar-refractivity contribution in [2.75, 3.05) is 0 Å². The third kappa shape index (κ3) is 3.59. The van der Waals surface area contributed by atoms with Crippen molar-refractivity contribution in [1.29, 1.82) is 0 Å². The van der Waals surface area contributed by atoms with E-state index in [9.17, 15) is 40.1 Å². The molecule has 3 rings (SSSR count). The predicted molar refractivity (Wildman–Crippen MR) is 89.8 cm³/mol. The van der Waals surface area contributed by atoms with Gasteiger partial charge in [0.2, 0.25) is 5.79 Å². The van der Waals surface area contributed by atoms with Crippen LogP contribution in [0.4, 0.5) is 0 Å². The van der Waals surface area contributed by atoms with E-state index in [-0.39, 0.29) is 5.75 Å². The van der Waals surface area contributed by atoms with Crippen LogP contribution in [0, 0.1) is 0 Å². The summed E-state index contributed by atoms with van der Waals surface area (Å²) in [5.74, 6) is -3.51. The van der Waals surface area contributed by atoms with Crippen molar-refractivity contribution in [2.45, 2.75) is 36.3 Å². The van der Waals surface area contributed by atoms with Crippen LogP contribution in [-0.2, 0) is 9.09 Å². The Morgan fingerprint density at radius 2 is 1.67 bits per heavy atom. The number of H-pyrrole nitrogens is 1. The summed E-state index contributed by atoms with van der Waals surface area (Å²) in [7, 11) is -5.22. The first-order chi connectivity index (χ1) is 12.5. The van der Waals surface area contributed by atoms with Gasteiger partial charge in [-0.1, -0.05) is 11.6 Å². The highest BCUT2D eigenvalue weighted by Gasteiger charge is 2.61. The first-order valence-electron chi connectivity index (χ1n) is 7.59. The highest BCUT2D eigenvalue weighted by Crippen LogP contribution is 2.51. The van der Waals surface area contributed by atoms with E-state index in [0.29, 0.717) is 15.9 Å². The van der Waals surface area contributed by atoms with E-state index < -0.39 is 44.1 Å². The van der Waals surface area contributed by atoms with E-state index in [1.807, 2.05) is 0 Å². The lowest BCUT2D eigenvalue weighted by molar-refractivity contribution is -0.336. The fourth-order valence-corrected chi connectivity index (χ4v) is 4.01. The summed E-state index contributed by atoms with van der Waals surface area (Å²) in [4.78, 5) is 12.7. The molecule has 11 nitrogen and oxygen atoms in total. The number of aromatic amines is 1. The number of hydrogen-bond acceptors (Lipinski definition) is 9. The molecule has 7 atom stereocenters. The van der Waals surface area contributed by atoms with Gasteiger partial charge in [0, 0.05) is 22.1 Å². The Kier molecular flexibility index (Phi) is 5.30. The van der Waals surface area contributed by atoms with Crippen molar-refractivity contribution in [3.8, 4) is 5.75 Å². The minimum atomic E-state index is -5.22. The van der Waals surface area contributed by atoms with Gasteiger partial charge in [-0.2, -0.15) is 0 Å². The van der Waals surface area contributed by atoms with Crippen molar-refractivity contribution in [3.63, 3.8) is 0 Å². The van der Waals surface area contributed by atoms with E-state index in [1.54, 1.807) is 12.1 Å². The Labute approximate surface area is 156 Å². The number of aromatic nitrogens is 1. The maximum atomic E-state index is 12.3. The molecule has 1 fully saturated rings. The third-order valence-electron chi connectivity index (χ3n) is 4.28. The van der Waals surface area contributed by atoms with Gasteiger partial charge in [0.1, 0.15) is 30.5 Å². The Hall–Kier alpha value is -1.24. The molecule has 3 unspecified atom stereocenters. The minimum Gasteiger partial charge on any atom is -0.402 e. The maximum absolute atomic E-state index is 12.3. The second-order valence-electron chi connectivity index (χ2n) is 6.11. The van der Waals surface area contributed by atoms with Crippen molar-refractivity contribution in [1.82, 2.24) is 4.98 Å². The number of halogens is 1. The highest BCUT2D eigenvalue weighted by atomic mass is 35.5. The molecule has 1 heterocycles. The summed E-state index contributed by atoms with van der Waals surface area (Å²) < 4.78 is 21.7. The lowest BCUT2D eigenvalue weighted by Crippen LogP contribution is -2.71. The van der Waals surface area contributed by atoms with Crippen LogP contribution in [0.3, 0.4) is 0 Å². The molecule has 8 N–H and O–H groups in total. The fourth-order valence-electron chi connectivity index (χ4n) is 2.82. The molecule has 13 heteroatoms. The van der Waals surface area contributed by atoms with Crippen LogP contribution in [0.2, 0.25) is 5.02 Å². The van der Waals surface area contributed by atoms with Crippen molar-refractivity contribution in [2.24, 2.45) is 0 Å². The Morgan fingerprint density at radius 1 is 1.07 bits per heavy atom. The molecule has 1 aromatic carbocycles. The van der Waals surface area contributed by atoms with Crippen LogP contribution in [0.15, 0.2) is 24.4 Å². The number of nitrogens with one attached hydrogen (secondary N) is 1. The molecular weight excluding hydrogens is 409 g/mol. The van der Waals surface area contributed by atoms with Crippen LogP contribution < -0.4 is 4.52 Å². The van der Waals surface area contributed by atoms with Crippen LogP contribution in [0.1, 0.15) is 0 Å².